The number of ether oxygens (including phenoxy) is 2. The molecule has 0 aliphatic carbocycles. The van der Waals surface area contributed by atoms with Crippen molar-refractivity contribution in [1.29, 1.82) is 0 Å². The first-order valence-electron chi connectivity index (χ1n) is 3.91. The average molecular weight is 212 g/mol. The summed E-state index contributed by atoms with van der Waals surface area (Å²) >= 11 is 0. The Labute approximate surface area is 78.8 Å². The largest absolute Gasteiger partial charge is 0.356 e. The summed E-state index contributed by atoms with van der Waals surface area (Å²) in [6.45, 7) is 4.64. The van der Waals surface area contributed by atoms with Crippen LogP contribution in [0.25, 0.3) is 0 Å². The molecule has 80 valence electrons. The summed E-state index contributed by atoms with van der Waals surface area (Å²) < 4.78 is 31.1. The molecule has 0 rings (SSSR count). The Hall–Kier alpha value is 0.0700. The van der Waals surface area contributed by atoms with Gasteiger partial charge in [-0.1, -0.05) is 0 Å². The van der Waals surface area contributed by atoms with Crippen LogP contribution in [0.15, 0.2) is 0 Å². The van der Waals surface area contributed by atoms with Crippen molar-refractivity contribution in [1.82, 2.24) is 0 Å². The maximum Gasteiger partial charge on any atom is 0.332 e. The maximum absolute atomic E-state index is 11.5. The van der Waals surface area contributed by atoms with Crippen molar-refractivity contribution in [3.63, 3.8) is 0 Å². The van der Waals surface area contributed by atoms with Gasteiger partial charge in [-0.15, -0.1) is 0 Å². The van der Waals surface area contributed by atoms with Crippen LogP contribution in [0.2, 0.25) is 0 Å². The minimum Gasteiger partial charge on any atom is -0.356 e. The molecular formula is C7H17O5P. The molecule has 0 aromatic heterocycles. The van der Waals surface area contributed by atoms with Gasteiger partial charge >= 0.3 is 7.60 Å². The molecule has 0 radical (unpaired) electrons. The lowest BCUT2D eigenvalue weighted by atomic mass is 10.8. The topological polar surface area (TPSA) is 54.0 Å². The average Bonchev–Trinajstić information content (AvgIpc) is 2.02. The van der Waals surface area contributed by atoms with Gasteiger partial charge in [0.25, 0.3) is 0 Å². The molecule has 6 heteroatoms. The van der Waals surface area contributed by atoms with Gasteiger partial charge in [-0.05, 0) is 13.8 Å². The SMILES string of the molecule is COC(C)OP(C)(=O)OC(C)OC. The smallest absolute Gasteiger partial charge is 0.332 e. The van der Waals surface area contributed by atoms with Crippen LogP contribution < -0.4 is 0 Å². The van der Waals surface area contributed by atoms with E-state index < -0.39 is 20.2 Å². The van der Waals surface area contributed by atoms with Gasteiger partial charge < -0.3 is 9.47 Å². The van der Waals surface area contributed by atoms with Crippen LogP contribution in [0.5, 0.6) is 0 Å². The predicted octanol–water partition coefficient (Wildman–Crippen LogP) is 1.83. The van der Waals surface area contributed by atoms with Gasteiger partial charge in [0.2, 0.25) is 0 Å². The minimum absolute atomic E-state index is 0.556. The third kappa shape index (κ3) is 6.18. The Balaban J connectivity index is 4.00. The molecule has 0 amide bonds. The molecule has 0 aromatic carbocycles. The summed E-state index contributed by atoms with van der Waals surface area (Å²) in [6.07, 6.45) is -1.11. The highest BCUT2D eigenvalue weighted by Gasteiger charge is 2.23. The molecule has 0 aromatic rings. The quantitative estimate of drug-likeness (QED) is 0.496. The van der Waals surface area contributed by atoms with Crippen molar-refractivity contribution in [3.8, 4) is 0 Å². The second kappa shape index (κ2) is 5.73. The first-order chi connectivity index (χ1) is 5.91. The Kier molecular flexibility index (Phi) is 5.76. The van der Waals surface area contributed by atoms with Crippen molar-refractivity contribution in [3.05, 3.63) is 0 Å². The second-order valence-electron chi connectivity index (χ2n) is 2.59. The Morgan fingerprint density at radius 3 is 1.54 bits per heavy atom. The molecule has 0 bridgehead atoms. The molecule has 2 unspecified atom stereocenters. The summed E-state index contributed by atoms with van der Waals surface area (Å²) in [6, 6.07) is 0. The lowest BCUT2D eigenvalue weighted by molar-refractivity contribution is -0.0807. The minimum atomic E-state index is -3.09. The van der Waals surface area contributed by atoms with E-state index in [4.69, 9.17) is 18.5 Å². The molecule has 0 N–H and O–H groups in total. The van der Waals surface area contributed by atoms with Crippen molar-refractivity contribution < 1.29 is 23.1 Å². The fourth-order valence-corrected chi connectivity index (χ4v) is 1.95. The molecule has 0 fully saturated rings. The number of rotatable bonds is 6. The van der Waals surface area contributed by atoms with Gasteiger partial charge in [-0.25, -0.2) is 0 Å². The van der Waals surface area contributed by atoms with Crippen LogP contribution in [0.4, 0.5) is 0 Å². The number of hydrogen-bond acceptors (Lipinski definition) is 5. The van der Waals surface area contributed by atoms with Crippen molar-refractivity contribution in [2.45, 2.75) is 26.4 Å². The normalized spacial score (nSPS) is 20.7. The fraction of sp³-hybridized carbons (Fsp3) is 1.00. The van der Waals surface area contributed by atoms with Gasteiger partial charge in [-0.3, -0.25) is 13.6 Å². The Morgan fingerprint density at radius 2 is 1.31 bits per heavy atom. The first-order valence-corrected chi connectivity index (χ1v) is 5.90. The zero-order valence-electron chi connectivity index (χ0n) is 8.64. The van der Waals surface area contributed by atoms with Crippen molar-refractivity contribution in [2.24, 2.45) is 0 Å². The van der Waals surface area contributed by atoms with E-state index in [2.05, 4.69) is 0 Å². The van der Waals surface area contributed by atoms with Crippen LogP contribution in [0, 0.1) is 0 Å². The van der Waals surface area contributed by atoms with E-state index in [0.717, 1.165) is 0 Å². The third-order valence-corrected chi connectivity index (χ3v) is 2.70. The Bertz CT molecular complexity index is 168. The highest BCUT2D eigenvalue weighted by atomic mass is 31.2. The van der Waals surface area contributed by atoms with E-state index in [1.54, 1.807) is 13.8 Å². The molecular weight excluding hydrogens is 195 g/mol. The summed E-state index contributed by atoms with van der Waals surface area (Å²) in [7, 11) is -0.162. The monoisotopic (exact) mass is 212 g/mol. The molecule has 2 atom stereocenters. The van der Waals surface area contributed by atoms with E-state index in [1.807, 2.05) is 0 Å². The first kappa shape index (κ1) is 13.1. The van der Waals surface area contributed by atoms with Gasteiger partial charge in [0.1, 0.15) is 0 Å². The van der Waals surface area contributed by atoms with Crippen LogP contribution >= 0.6 is 7.60 Å². The highest BCUT2D eigenvalue weighted by molar-refractivity contribution is 7.53. The van der Waals surface area contributed by atoms with Crippen LogP contribution in [0.3, 0.4) is 0 Å². The molecule has 13 heavy (non-hydrogen) atoms. The molecule has 0 spiro atoms. The van der Waals surface area contributed by atoms with E-state index in [-0.39, 0.29) is 0 Å². The van der Waals surface area contributed by atoms with Crippen LogP contribution in [-0.2, 0) is 23.1 Å². The molecule has 0 aliphatic rings. The highest BCUT2D eigenvalue weighted by Crippen LogP contribution is 2.46. The van der Waals surface area contributed by atoms with Gasteiger partial charge in [0.15, 0.2) is 12.6 Å². The van der Waals surface area contributed by atoms with E-state index in [0.29, 0.717) is 0 Å². The zero-order valence-corrected chi connectivity index (χ0v) is 9.54. The maximum atomic E-state index is 11.5. The predicted molar refractivity (Wildman–Crippen MR) is 48.6 cm³/mol. The number of methoxy groups -OCH3 is 2. The van der Waals surface area contributed by atoms with E-state index in [9.17, 15) is 4.57 Å². The van der Waals surface area contributed by atoms with Crippen molar-refractivity contribution >= 4 is 7.60 Å². The van der Waals surface area contributed by atoms with E-state index in [1.165, 1.54) is 20.9 Å². The van der Waals surface area contributed by atoms with Gasteiger partial charge in [0.05, 0.1) is 0 Å². The lowest BCUT2D eigenvalue weighted by Crippen LogP contribution is -2.14. The van der Waals surface area contributed by atoms with E-state index >= 15 is 0 Å². The zero-order chi connectivity index (χ0) is 10.5. The summed E-state index contributed by atoms with van der Waals surface area (Å²) in [5, 5.41) is 0. The molecule has 0 aliphatic heterocycles. The molecule has 0 heterocycles. The standard InChI is InChI=1S/C7H17O5P/c1-6(9-3)11-13(5,8)12-7(2)10-4/h6-7H,1-5H3. The molecule has 0 saturated carbocycles. The fourth-order valence-electron chi connectivity index (χ4n) is 0.650. The van der Waals surface area contributed by atoms with Crippen LogP contribution in [-0.4, -0.2) is 33.5 Å². The van der Waals surface area contributed by atoms with Gasteiger partial charge in [0, 0.05) is 20.9 Å². The summed E-state index contributed by atoms with van der Waals surface area (Å²) in [5.74, 6) is 0. The molecule has 5 nitrogen and oxygen atoms in total. The van der Waals surface area contributed by atoms with Gasteiger partial charge in [-0.2, -0.15) is 0 Å². The third-order valence-electron chi connectivity index (χ3n) is 1.34. The molecule has 0 saturated heterocycles. The summed E-state index contributed by atoms with van der Waals surface area (Å²) in [4.78, 5) is 0. The van der Waals surface area contributed by atoms with Crippen molar-refractivity contribution in [2.75, 3.05) is 20.9 Å². The van der Waals surface area contributed by atoms with Crippen LogP contribution in [0.1, 0.15) is 13.8 Å². The lowest BCUT2D eigenvalue weighted by Gasteiger charge is -2.20. The second-order valence-corrected chi connectivity index (χ2v) is 4.55. The Morgan fingerprint density at radius 1 is 1.00 bits per heavy atom. The number of hydrogen-bond donors (Lipinski definition) is 0. The summed E-state index contributed by atoms with van der Waals surface area (Å²) in [5.41, 5.74) is 0.